The molecular weight excluding hydrogens is 404 g/mol. The molecule has 0 radical (unpaired) electrons. The minimum Gasteiger partial charge on any atom is -0.384 e. The van der Waals surface area contributed by atoms with Gasteiger partial charge in [0, 0.05) is 25.7 Å². The first kappa shape index (κ1) is 20.1. The van der Waals surface area contributed by atoms with Crippen molar-refractivity contribution in [2.24, 2.45) is 14.1 Å². The molecule has 1 aromatic carbocycles. The number of anilines is 1. The molecule has 3 aromatic rings. The largest absolute Gasteiger partial charge is 0.384 e. The number of carbonyl (C=O) groups excluding carboxylic acids is 1. The highest BCUT2D eigenvalue weighted by Crippen LogP contribution is 2.41. The van der Waals surface area contributed by atoms with E-state index >= 15 is 0 Å². The third-order valence-electron chi connectivity index (χ3n) is 5.22. The average Bonchev–Trinajstić information content (AvgIpc) is 3.51. The summed E-state index contributed by atoms with van der Waals surface area (Å²) in [6.45, 7) is 1.69. The third kappa shape index (κ3) is 3.36. The second-order valence-electron chi connectivity index (χ2n) is 7.38. The van der Waals surface area contributed by atoms with Gasteiger partial charge in [-0.1, -0.05) is 30.0 Å². The topological polar surface area (TPSA) is 118 Å². The number of benzene rings is 1. The summed E-state index contributed by atoms with van der Waals surface area (Å²) in [6.07, 6.45) is 2.13. The predicted molar refractivity (Wildman–Crippen MR) is 114 cm³/mol. The molecule has 9 nitrogen and oxygen atoms in total. The summed E-state index contributed by atoms with van der Waals surface area (Å²) in [5, 5.41) is 8.59. The van der Waals surface area contributed by atoms with E-state index in [0.29, 0.717) is 11.1 Å². The van der Waals surface area contributed by atoms with Crippen LogP contribution >= 0.6 is 11.8 Å². The van der Waals surface area contributed by atoms with Gasteiger partial charge >= 0.3 is 5.69 Å². The van der Waals surface area contributed by atoms with Gasteiger partial charge in [-0.3, -0.25) is 23.3 Å². The molecular formula is C20H22N6O3S. The highest BCUT2D eigenvalue weighted by Gasteiger charge is 2.32. The zero-order chi connectivity index (χ0) is 21.6. The van der Waals surface area contributed by atoms with E-state index in [1.165, 1.54) is 25.9 Å². The van der Waals surface area contributed by atoms with Crippen LogP contribution in [0.25, 0.3) is 5.69 Å². The molecule has 0 saturated heterocycles. The maximum atomic E-state index is 13.1. The summed E-state index contributed by atoms with van der Waals surface area (Å²) in [4.78, 5) is 37.7. The van der Waals surface area contributed by atoms with Gasteiger partial charge in [0.05, 0.1) is 5.25 Å². The number of aromatic nitrogens is 5. The molecule has 1 saturated carbocycles. The van der Waals surface area contributed by atoms with Crippen molar-refractivity contribution in [2.45, 2.75) is 36.1 Å². The standard InChI is InChI=1S/C20H22N6O3S/c1-11(15(27)14-16(21)24(2)20(29)25(3)18(14)28)30-19-23-22-17(12-9-10-12)26(19)13-7-5-4-6-8-13/h4-8,11-12H,9-10,21H2,1-3H3. The molecule has 2 heterocycles. The number of rotatable bonds is 6. The molecule has 1 atom stereocenters. The molecule has 4 rings (SSSR count). The first-order valence-electron chi connectivity index (χ1n) is 9.58. The van der Waals surface area contributed by atoms with Crippen LogP contribution in [0.1, 0.15) is 41.9 Å². The first-order chi connectivity index (χ1) is 14.3. The van der Waals surface area contributed by atoms with Gasteiger partial charge in [-0.15, -0.1) is 10.2 Å². The lowest BCUT2D eigenvalue weighted by atomic mass is 10.1. The Morgan fingerprint density at radius 3 is 2.43 bits per heavy atom. The van der Waals surface area contributed by atoms with Crippen LogP contribution in [0.3, 0.4) is 0 Å². The van der Waals surface area contributed by atoms with Crippen molar-refractivity contribution in [3.8, 4) is 5.69 Å². The molecule has 0 spiro atoms. The molecule has 156 valence electrons. The van der Waals surface area contributed by atoms with Crippen LogP contribution in [0.2, 0.25) is 0 Å². The zero-order valence-corrected chi connectivity index (χ0v) is 17.7. The molecule has 1 aliphatic carbocycles. The quantitative estimate of drug-likeness (QED) is 0.469. The van der Waals surface area contributed by atoms with Crippen molar-refractivity contribution in [1.82, 2.24) is 23.9 Å². The van der Waals surface area contributed by atoms with E-state index < -0.39 is 22.3 Å². The van der Waals surface area contributed by atoms with E-state index in [-0.39, 0.29) is 11.4 Å². The summed E-state index contributed by atoms with van der Waals surface area (Å²) < 4.78 is 3.96. The maximum Gasteiger partial charge on any atom is 0.332 e. The highest BCUT2D eigenvalue weighted by molar-refractivity contribution is 8.00. The first-order valence-corrected chi connectivity index (χ1v) is 10.5. The van der Waals surface area contributed by atoms with Crippen molar-refractivity contribution in [3.63, 3.8) is 0 Å². The molecule has 0 aliphatic heterocycles. The van der Waals surface area contributed by atoms with Gasteiger partial charge in [-0.2, -0.15) is 0 Å². The van der Waals surface area contributed by atoms with Crippen LogP contribution < -0.4 is 17.0 Å². The number of carbonyl (C=O) groups is 1. The molecule has 1 unspecified atom stereocenters. The van der Waals surface area contributed by atoms with E-state index in [1.54, 1.807) is 6.92 Å². The fourth-order valence-corrected chi connectivity index (χ4v) is 4.22. The van der Waals surface area contributed by atoms with Crippen molar-refractivity contribution < 1.29 is 4.79 Å². The van der Waals surface area contributed by atoms with Gasteiger partial charge < -0.3 is 5.73 Å². The molecule has 1 fully saturated rings. The number of para-hydroxylation sites is 1. The predicted octanol–water partition coefficient (Wildman–Crippen LogP) is 1.49. The number of nitrogens with two attached hydrogens (primary N) is 1. The number of nitrogen functional groups attached to an aromatic ring is 1. The van der Waals surface area contributed by atoms with E-state index in [2.05, 4.69) is 10.2 Å². The minimum absolute atomic E-state index is 0.135. The van der Waals surface area contributed by atoms with Crippen LogP contribution in [-0.2, 0) is 14.1 Å². The summed E-state index contributed by atoms with van der Waals surface area (Å²) in [6, 6.07) is 9.73. The van der Waals surface area contributed by atoms with Gasteiger partial charge in [0.1, 0.15) is 17.2 Å². The summed E-state index contributed by atoms with van der Waals surface area (Å²) in [5.74, 6) is 0.651. The summed E-state index contributed by atoms with van der Waals surface area (Å²) in [5.41, 5.74) is 5.40. The Labute approximate surface area is 176 Å². The number of Topliss-reactive ketones (excluding diaryl/α,β-unsaturated/α-hetero) is 1. The second-order valence-corrected chi connectivity index (χ2v) is 8.68. The Bertz CT molecular complexity index is 1240. The third-order valence-corrected chi connectivity index (χ3v) is 6.27. The number of hydrogen-bond acceptors (Lipinski definition) is 7. The van der Waals surface area contributed by atoms with E-state index in [0.717, 1.165) is 33.5 Å². The lowest BCUT2D eigenvalue weighted by Gasteiger charge is -2.15. The fourth-order valence-electron chi connectivity index (χ4n) is 3.29. The number of thioether (sulfide) groups is 1. The molecule has 2 N–H and O–H groups in total. The van der Waals surface area contributed by atoms with Crippen molar-refractivity contribution in [2.75, 3.05) is 5.73 Å². The van der Waals surface area contributed by atoms with Crippen molar-refractivity contribution >= 4 is 23.4 Å². The Hall–Kier alpha value is -3.14. The smallest absolute Gasteiger partial charge is 0.332 e. The van der Waals surface area contributed by atoms with Crippen molar-refractivity contribution in [3.05, 3.63) is 62.6 Å². The normalized spacial score (nSPS) is 14.6. The monoisotopic (exact) mass is 426 g/mol. The molecule has 0 amide bonds. The van der Waals surface area contributed by atoms with Gasteiger partial charge in [0.15, 0.2) is 10.9 Å². The van der Waals surface area contributed by atoms with E-state index in [9.17, 15) is 14.4 Å². The Morgan fingerprint density at radius 1 is 1.13 bits per heavy atom. The molecule has 30 heavy (non-hydrogen) atoms. The van der Waals surface area contributed by atoms with Gasteiger partial charge in [-0.05, 0) is 31.9 Å². The number of hydrogen-bond donors (Lipinski definition) is 1. The Balaban J connectivity index is 1.71. The SMILES string of the molecule is CC(Sc1nnc(C2CC2)n1-c1ccccc1)C(=O)c1c(N)n(C)c(=O)n(C)c1=O. The summed E-state index contributed by atoms with van der Waals surface area (Å²) >= 11 is 1.22. The number of ketones is 1. The molecule has 2 aromatic heterocycles. The van der Waals surface area contributed by atoms with Gasteiger partial charge in [0.25, 0.3) is 5.56 Å². The van der Waals surface area contributed by atoms with Gasteiger partial charge in [-0.25, -0.2) is 4.79 Å². The van der Waals surface area contributed by atoms with Gasteiger partial charge in [0.2, 0.25) is 0 Å². The average molecular weight is 427 g/mol. The minimum atomic E-state index is -0.698. The highest BCUT2D eigenvalue weighted by atomic mass is 32.2. The lowest BCUT2D eigenvalue weighted by Crippen LogP contribution is -2.42. The Morgan fingerprint density at radius 2 is 1.80 bits per heavy atom. The van der Waals surface area contributed by atoms with Crippen LogP contribution in [0.4, 0.5) is 5.82 Å². The Kier molecular flexibility index (Phi) is 5.10. The zero-order valence-electron chi connectivity index (χ0n) is 16.9. The summed E-state index contributed by atoms with van der Waals surface area (Å²) in [7, 11) is 2.76. The van der Waals surface area contributed by atoms with E-state index in [4.69, 9.17) is 5.73 Å². The second kappa shape index (κ2) is 7.60. The fraction of sp³-hybridized carbons (Fsp3) is 0.350. The molecule has 0 bridgehead atoms. The van der Waals surface area contributed by atoms with E-state index in [1.807, 2.05) is 34.9 Å². The van der Waals surface area contributed by atoms with Crippen LogP contribution in [-0.4, -0.2) is 34.9 Å². The molecule has 1 aliphatic rings. The van der Waals surface area contributed by atoms with Crippen LogP contribution in [0.15, 0.2) is 45.1 Å². The number of nitrogens with zero attached hydrogens (tertiary/aromatic N) is 5. The lowest BCUT2D eigenvalue weighted by molar-refractivity contribution is 0.0992. The maximum absolute atomic E-state index is 13.1. The van der Waals surface area contributed by atoms with Crippen molar-refractivity contribution in [1.29, 1.82) is 0 Å². The van der Waals surface area contributed by atoms with Crippen LogP contribution in [0.5, 0.6) is 0 Å². The molecule has 10 heteroatoms. The van der Waals surface area contributed by atoms with Crippen LogP contribution in [0, 0.1) is 0 Å².